The number of carbonyl (C=O) groups is 3. The molecule has 0 aliphatic carbocycles. The van der Waals surface area contributed by atoms with Gasteiger partial charge in [0.15, 0.2) is 4.67 Å². The zero-order chi connectivity index (χ0) is 17.1. The zero-order valence-electron chi connectivity index (χ0n) is 13.0. The van der Waals surface area contributed by atoms with Gasteiger partial charge in [-0.2, -0.15) is 0 Å². The fourth-order valence-electron chi connectivity index (χ4n) is 2.73. The number of likely N-dealkylation sites (tertiary alicyclic amines) is 1. The van der Waals surface area contributed by atoms with Gasteiger partial charge in [0.1, 0.15) is 12.3 Å². The smallest absolute Gasteiger partial charge is 0.294 e. The summed E-state index contributed by atoms with van der Waals surface area (Å²) in [7, 11) is 0. The summed E-state index contributed by atoms with van der Waals surface area (Å²) in [6.45, 7) is 1.21. The average molecular weight is 413 g/mol. The van der Waals surface area contributed by atoms with E-state index in [0.717, 1.165) is 42.3 Å². The molecule has 6 nitrogen and oxygen atoms in total. The summed E-state index contributed by atoms with van der Waals surface area (Å²) in [6, 6.07) is 3.40. The van der Waals surface area contributed by atoms with E-state index in [1.165, 1.54) is 6.08 Å². The molecule has 1 aromatic heterocycles. The molecule has 3 amide bonds. The number of thioether (sulfide) groups is 1. The number of carbonyl (C=O) groups excluding carboxylic acids is 3. The van der Waals surface area contributed by atoms with E-state index >= 15 is 0 Å². The maximum absolute atomic E-state index is 12.4. The highest BCUT2D eigenvalue weighted by atomic mass is 79.9. The van der Waals surface area contributed by atoms with Crippen LogP contribution in [0.25, 0.3) is 6.08 Å². The van der Waals surface area contributed by atoms with Crippen molar-refractivity contribution in [1.29, 1.82) is 0 Å². The van der Waals surface area contributed by atoms with Gasteiger partial charge in [0.2, 0.25) is 5.91 Å². The Bertz CT molecular complexity index is 692. The Hall–Kier alpha value is -1.54. The molecule has 2 aliphatic heterocycles. The van der Waals surface area contributed by atoms with Crippen LogP contribution in [-0.4, -0.2) is 46.5 Å². The minimum atomic E-state index is -0.444. The standard InChI is InChI=1S/C16H17BrN2O4S/c17-13-6-5-11(23-13)9-12-15(21)19(16(22)24-12)10-14(20)18-7-3-1-2-4-8-18/h5-6,9H,1-4,7-8,10H2/b12-9+. The Morgan fingerprint density at radius 3 is 2.54 bits per heavy atom. The number of hydrogen-bond donors (Lipinski definition) is 0. The quantitative estimate of drug-likeness (QED) is 0.710. The Labute approximate surface area is 152 Å². The van der Waals surface area contributed by atoms with Crippen LogP contribution in [-0.2, 0) is 9.59 Å². The zero-order valence-corrected chi connectivity index (χ0v) is 15.4. The summed E-state index contributed by atoms with van der Waals surface area (Å²) in [5, 5.41) is -0.417. The van der Waals surface area contributed by atoms with Crippen molar-refractivity contribution >= 4 is 50.8 Å². The van der Waals surface area contributed by atoms with Crippen molar-refractivity contribution in [1.82, 2.24) is 9.80 Å². The largest absolute Gasteiger partial charge is 0.450 e. The van der Waals surface area contributed by atoms with Crippen LogP contribution in [0.5, 0.6) is 0 Å². The van der Waals surface area contributed by atoms with E-state index in [0.29, 0.717) is 23.5 Å². The SMILES string of the molecule is O=C(CN1C(=O)S/C(=C/c2ccc(Br)o2)C1=O)N1CCCCCC1. The van der Waals surface area contributed by atoms with Gasteiger partial charge in [-0.15, -0.1) is 0 Å². The molecule has 0 aromatic carbocycles. The fraction of sp³-hybridized carbons (Fsp3) is 0.438. The topological polar surface area (TPSA) is 70.8 Å². The maximum atomic E-state index is 12.4. The van der Waals surface area contributed by atoms with Crippen LogP contribution >= 0.6 is 27.7 Å². The van der Waals surface area contributed by atoms with Crippen molar-refractivity contribution in [2.24, 2.45) is 0 Å². The van der Waals surface area contributed by atoms with Gasteiger partial charge in [0.25, 0.3) is 11.1 Å². The van der Waals surface area contributed by atoms with Crippen molar-refractivity contribution in [2.45, 2.75) is 25.7 Å². The van der Waals surface area contributed by atoms with E-state index in [4.69, 9.17) is 4.42 Å². The average Bonchev–Trinajstić information content (AvgIpc) is 2.94. The van der Waals surface area contributed by atoms with Gasteiger partial charge < -0.3 is 9.32 Å². The van der Waals surface area contributed by atoms with Gasteiger partial charge in [0, 0.05) is 19.2 Å². The second-order valence-corrected chi connectivity index (χ2v) is 7.48. The molecule has 3 heterocycles. The highest BCUT2D eigenvalue weighted by Gasteiger charge is 2.37. The highest BCUT2D eigenvalue weighted by molar-refractivity contribution is 9.10. The van der Waals surface area contributed by atoms with Crippen molar-refractivity contribution in [2.75, 3.05) is 19.6 Å². The van der Waals surface area contributed by atoms with Crippen LogP contribution in [0.1, 0.15) is 31.4 Å². The lowest BCUT2D eigenvalue weighted by Crippen LogP contribution is -2.42. The van der Waals surface area contributed by atoms with Crippen LogP contribution in [0, 0.1) is 0 Å². The van der Waals surface area contributed by atoms with Crippen LogP contribution in [0.15, 0.2) is 26.1 Å². The summed E-state index contributed by atoms with van der Waals surface area (Å²) in [5.41, 5.74) is 0. The lowest BCUT2D eigenvalue weighted by Gasteiger charge is -2.22. The molecule has 128 valence electrons. The van der Waals surface area contributed by atoms with Crippen LogP contribution in [0.2, 0.25) is 0 Å². The van der Waals surface area contributed by atoms with Crippen LogP contribution in [0.4, 0.5) is 4.79 Å². The van der Waals surface area contributed by atoms with E-state index in [1.54, 1.807) is 17.0 Å². The first-order chi connectivity index (χ1) is 11.5. The molecule has 2 aliphatic rings. The number of hydrogen-bond acceptors (Lipinski definition) is 5. The molecular formula is C16H17BrN2O4S. The lowest BCUT2D eigenvalue weighted by molar-refractivity contribution is -0.135. The molecule has 0 atom stereocenters. The number of nitrogens with zero attached hydrogens (tertiary/aromatic N) is 2. The van der Waals surface area contributed by atoms with Gasteiger partial charge in [-0.05, 0) is 52.7 Å². The van der Waals surface area contributed by atoms with E-state index in [9.17, 15) is 14.4 Å². The predicted molar refractivity (Wildman–Crippen MR) is 94.1 cm³/mol. The number of imide groups is 1. The third kappa shape index (κ3) is 3.92. The second kappa shape index (κ2) is 7.57. The molecular weight excluding hydrogens is 396 g/mol. The summed E-state index contributed by atoms with van der Waals surface area (Å²) in [5.74, 6) is -0.131. The molecule has 0 N–H and O–H groups in total. The molecule has 1 aromatic rings. The van der Waals surface area contributed by atoms with Crippen molar-refractivity contribution in [3.63, 3.8) is 0 Å². The number of halogens is 1. The molecule has 0 bridgehead atoms. The second-order valence-electron chi connectivity index (χ2n) is 5.70. The van der Waals surface area contributed by atoms with E-state index < -0.39 is 11.1 Å². The van der Waals surface area contributed by atoms with E-state index in [1.807, 2.05) is 0 Å². The monoisotopic (exact) mass is 412 g/mol. The molecule has 0 unspecified atom stereocenters. The van der Waals surface area contributed by atoms with Gasteiger partial charge in [-0.25, -0.2) is 0 Å². The summed E-state index contributed by atoms with van der Waals surface area (Å²) in [4.78, 5) is 39.9. The molecule has 0 radical (unpaired) electrons. The molecule has 24 heavy (non-hydrogen) atoms. The van der Waals surface area contributed by atoms with Gasteiger partial charge in [-0.3, -0.25) is 19.3 Å². The first-order valence-corrected chi connectivity index (χ1v) is 9.44. The molecule has 8 heteroatoms. The third-order valence-electron chi connectivity index (χ3n) is 3.99. The van der Waals surface area contributed by atoms with Gasteiger partial charge in [0.05, 0.1) is 4.91 Å². The van der Waals surface area contributed by atoms with Crippen molar-refractivity contribution < 1.29 is 18.8 Å². The first kappa shape index (κ1) is 17.3. The summed E-state index contributed by atoms with van der Waals surface area (Å²) >= 11 is 4.02. The van der Waals surface area contributed by atoms with Crippen LogP contribution < -0.4 is 0 Å². The van der Waals surface area contributed by atoms with Gasteiger partial charge in [-0.1, -0.05) is 12.8 Å². The van der Waals surface area contributed by atoms with Crippen molar-refractivity contribution in [3.05, 3.63) is 27.5 Å². The minimum Gasteiger partial charge on any atom is -0.450 e. The summed E-state index contributed by atoms with van der Waals surface area (Å²) < 4.78 is 5.87. The number of amides is 3. The van der Waals surface area contributed by atoms with Crippen molar-refractivity contribution in [3.8, 4) is 0 Å². The lowest BCUT2D eigenvalue weighted by atomic mass is 10.2. The maximum Gasteiger partial charge on any atom is 0.294 e. The molecule has 0 spiro atoms. The van der Waals surface area contributed by atoms with E-state index in [-0.39, 0.29) is 17.4 Å². The Morgan fingerprint density at radius 1 is 1.21 bits per heavy atom. The molecule has 2 fully saturated rings. The number of rotatable bonds is 3. The molecule has 0 saturated carbocycles. The van der Waals surface area contributed by atoms with E-state index in [2.05, 4.69) is 15.9 Å². The Balaban J connectivity index is 1.67. The predicted octanol–water partition coefficient (Wildman–Crippen LogP) is 3.48. The molecule has 2 saturated heterocycles. The number of furan rings is 1. The highest BCUT2D eigenvalue weighted by Crippen LogP contribution is 2.32. The fourth-order valence-corrected chi connectivity index (χ4v) is 3.86. The normalized spacial score (nSPS) is 20.8. The third-order valence-corrected chi connectivity index (χ3v) is 5.33. The van der Waals surface area contributed by atoms with Crippen LogP contribution in [0.3, 0.4) is 0 Å². The minimum absolute atomic E-state index is 0.166. The van der Waals surface area contributed by atoms with Gasteiger partial charge >= 0.3 is 0 Å². The summed E-state index contributed by atoms with van der Waals surface area (Å²) in [6.07, 6.45) is 5.70. The first-order valence-electron chi connectivity index (χ1n) is 7.83. The Morgan fingerprint density at radius 2 is 1.92 bits per heavy atom. The molecule has 3 rings (SSSR count). The Kier molecular flexibility index (Phi) is 5.45.